The van der Waals surface area contributed by atoms with Gasteiger partial charge in [-0.3, -0.25) is 4.79 Å². The highest BCUT2D eigenvalue weighted by Gasteiger charge is 2.29. The predicted molar refractivity (Wildman–Crippen MR) is 61.7 cm³/mol. The van der Waals surface area contributed by atoms with Gasteiger partial charge in [-0.1, -0.05) is 0 Å². The van der Waals surface area contributed by atoms with E-state index in [0.29, 0.717) is 5.69 Å². The lowest BCUT2D eigenvalue weighted by molar-refractivity contribution is -0.115. The van der Waals surface area contributed by atoms with Crippen molar-refractivity contribution < 1.29 is 9.59 Å². The minimum Gasteiger partial charge on any atom is -0.378 e. The van der Waals surface area contributed by atoms with Crippen LogP contribution in [0.15, 0.2) is 24.3 Å². The lowest BCUT2D eigenvalue weighted by Gasteiger charge is -2.15. The Balaban J connectivity index is 2.28. The molecule has 0 atom stereocenters. The van der Waals surface area contributed by atoms with Gasteiger partial charge in [-0.05, 0) is 24.3 Å². The van der Waals surface area contributed by atoms with Crippen LogP contribution in [0.1, 0.15) is 0 Å². The Bertz CT molecular complexity index is 409. The van der Waals surface area contributed by atoms with Gasteiger partial charge in [0.1, 0.15) is 0 Å². The van der Waals surface area contributed by atoms with Crippen molar-refractivity contribution in [3.05, 3.63) is 24.3 Å². The Hall–Kier alpha value is -2.04. The number of hydrogen-bond donors (Lipinski definition) is 1. The minimum absolute atomic E-state index is 0.0776. The van der Waals surface area contributed by atoms with Gasteiger partial charge in [0, 0.05) is 19.8 Å². The number of nitrogens with one attached hydrogen (secondary N) is 1. The molecule has 3 amide bonds. The lowest BCUT2D eigenvalue weighted by atomic mass is 10.2. The quantitative estimate of drug-likeness (QED) is 0.749. The van der Waals surface area contributed by atoms with Crippen LogP contribution in [0.5, 0.6) is 0 Å². The SMILES string of the molecule is CN(C)c1ccc(N2C(=O)CNC2=O)cc1. The summed E-state index contributed by atoms with van der Waals surface area (Å²) in [4.78, 5) is 25.9. The molecule has 0 radical (unpaired) electrons. The molecule has 0 unspecified atom stereocenters. The van der Waals surface area contributed by atoms with E-state index in [-0.39, 0.29) is 18.5 Å². The van der Waals surface area contributed by atoms with Gasteiger partial charge in [0.25, 0.3) is 5.91 Å². The molecule has 1 aliphatic heterocycles. The summed E-state index contributed by atoms with van der Waals surface area (Å²) < 4.78 is 0. The van der Waals surface area contributed by atoms with Crippen LogP contribution < -0.4 is 15.1 Å². The molecule has 1 aliphatic rings. The third-order valence-electron chi connectivity index (χ3n) is 2.47. The van der Waals surface area contributed by atoms with Crippen molar-refractivity contribution in [2.75, 3.05) is 30.4 Å². The number of urea groups is 1. The van der Waals surface area contributed by atoms with Crippen molar-refractivity contribution in [3.8, 4) is 0 Å². The summed E-state index contributed by atoms with van der Waals surface area (Å²) in [7, 11) is 3.87. The molecule has 1 N–H and O–H groups in total. The Morgan fingerprint density at radius 2 is 1.81 bits per heavy atom. The van der Waals surface area contributed by atoms with Gasteiger partial charge in [0.15, 0.2) is 0 Å². The predicted octanol–water partition coefficient (Wildman–Crippen LogP) is 0.809. The summed E-state index contributed by atoms with van der Waals surface area (Å²) in [5.74, 6) is -0.220. The van der Waals surface area contributed by atoms with Gasteiger partial charge >= 0.3 is 6.03 Å². The first-order valence-electron chi connectivity index (χ1n) is 4.98. The number of carbonyl (C=O) groups excluding carboxylic acids is 2. The van der Waals surface area contributed by atoms with Crippen molar-refractivity contribution in [3.63, 3.8) is 0 Å². The Morgan fingerprint density at radius 3 is 2.25 bits per heavy atom. The molecular formula is C11H13N3O2. The summed E-state index contributed by atoms with van der Waals surface area (Å²) in [5.41, 5.74) is 1.63. The zero-order valence-electron chi connectivity index (χ0n) is 9.23. The molecule has 0 aliphatic carbocycles. The van der Waals surface area contributed by atoms with E-state index in [2.05, 4.69) is 5.32 Å². The van der Waals surface area contributed by atoms with E-state index < -0.39 is 0 Å². The first-order chi connectivity index (χ1) is 7.59. The van der Waals surface area contributed by atoms with E-state index in [1.807, 2.05) is 31.1 Å². The first-order valence-corrected chi connectivity index (χ1v) is 4.98. The molecular weight excluding hydrogens is 206 g/mol. The molecule has 0 aromatic heterocycles. The van der Waals surface area contributed by atoms with Crippen LogP contribution in [-0.4, -0.2) is 32.6 Å². The minimum atomic E-state index is -0.359. The fourth-order valence-electron chi connectivity index (χ4n) is 1.58. The maximum absolute atomic E-state index is 11.4. The number of anilines is 2. The number of hydrogen-bond acceptors (Lipinski definition) is 3. The Labute approximate surface area is 93.6 Å². The first kappa shape index (κ1) is 10.5. The molecule has 2 rings (SSSR count). The van der Waals surface area contributed by atoms with E-state index in [1.165, 1.54) is 0 Å². The third kappa shape index (κ3) is 1.71. The van der Waals surface area contributed by atoms with E-state index in [1.54, 1.807) is 12.1 Å². The zero-order valence-corrected chi connectivity index (χ0v) is 9.23. The maximum Gasteiger partial charge on any atom is 0.329 e. The van der Waals surface area contributed by atoms with Crippen molar-refractivity contribution in [1.82, 2.24) is 5.32 Å². The average Bonchev–Trinajstić information content (AvgIpc) is 2.59. The highest BCUT2D eigenvalue weighted by molar-refractivity contribution is 6.19. The van der Waals surface area contributed by atoms with Crippen LogP contribution >= 0.6 is 0 Å². The van der Waals surface area contributed by atoms with Crippen LogP contribution in [-0.2, 0) is 4.79 Å². The van der Waals surface area contributed by atoms with Gasteiger partial charge < -0.3 is 10.2 Å². The number of carbonyl (C=O) groups is 2. The van der Waals surface area contributed by atoms with Crippen LogP contribution in [0.4, 0.5) is 16.2 Å². The van der Waals surface area contributed by atoms with Gasteiger partial charge in [-0.15, -0.1) is 0 Å². The average molecular weight is 219 g/mol. The second kappa shape index (κ2) is 3.84. The molecule has 1 fully saturated rings. The molecule has 1 aromatic rings. The molecule has 0 saturated carbocycles. The monoisotopic (exact) mass is 219 g/mol. The Kier molecular flexibility index (Phi) is 2.52. The molecule has 1 aromatic carbocycles. The second-order valence-electron chi connectivity index (χ2n) is 3.80. The highest BCUT2D eigenvalue weighted by Crippen LogP contribution is 2.21. The molecule has 5 heteroatoms. The van der Waals surface area contributed by atoms with Gasteiger partial charge in [-0.2, -0.15) is 0 Å². The van der Waals surface area contributed by atoms with Crippen molar-refractivity contribution in [2.24, 2.45) is 0 Å². The molecule has 16 heavy (non-hydrogen) atoms. The molecule has 5 nitrogen and oxygen atoms in total. The topological polar surface area (TPSA) is 52.6 Å². The molecule has 0 bridgehead atoms. The van der Waals surface area contributed by atoms with Crippen molar-refractivity contribution in [1.29, 1.82) is 0 Å². The fourth-order valence-corrected chi connectivity index (χ4v) is 1.58. The van der Waals surface area contributed by atoms with Crippen LogP contribution in [0, 0.1) is 0 Å². The highest BCUT2D eigenvalue weighted by atomic mass is 16.2. The smallest absolute Gasteiger partial charge is 0.329 e. The summed E-state index contributed by atoms with van der Waals surface area (Å²) in [6.45, 7) is 0.0776. The molecule has 1 saturated heterocycles. The number of nitrogens with zero attached hydrogens (tertiary/aromatic N) is 2. The summed E-state index contributed by atoms with van der Waals surface area (Å²) in [5, 5.41) is 2.48. The standard InChI is InChI=1S/C11H13N3O2/c1-13(2)8-3-5-9(6-4-8)14-10(15)7-12-11(14)16/h3-6H,7H2,1-2H3,(H,12,16). The third-order valence-corrected chi connectivity index (χ3v) is 2.47. The molecule has 1 heterocycles. The van der Waals surface area contributed by atoms with Crippen molar-refractivity contribution in [2.45, 2.75) is 0 Å². The summed E-state index contributed by atoms with van der Waals surface area (Å²) >= 11 is 0. The van der Waals surface area contributed by atoms with Crippen LogP contribution in [0.3, 0.4) is 0 Å². The lowest BCUT2D eigenvalue weighted by Crippen LogP contribution is -2.30. The molecule has 84 valence electrons. The van der Waals surface area contributed by atoms with E-state index in [4.69, 9.17) is 0 Å². The summed E-state index contributed by atoms with van der Waals surface area (Å²) in [6, 6.07) is 6.90. The van der Waals surface area contributed by atoms with Gasteiger partial charge in [0.05, 0.1) is 12.2 Å². The van der Waals surface area contributed by atoms with Gasteiger partial charge in [0.2, 0.25) is 0 Å². The van der Waals surface area contributed by atoms with E-state index >= 15 is 0 Å². The van der Waals surface area contributed by atoms with Gasteiger partial charge in [-0.25, -0.2) is 9.69 Å². The fraction of sp³-hybridized carbons (Fsp3) is 0.273. The number of rotatable bonds is 2. The maximum atomic E-state index is 11.4. The number of imide groups is 1. The van der Waals surface area contributed by atoms with E-state index in [9.17, 15) is 9.59 Å². The number of amides is 3. The normalized spacial score (nSPS) is 15.2. The van der Waals surface area contributed by atoms with Crippen LogP contribution in [0.25, 0.3) is 0 Å². The van der Waals surface area contributed by atoms with E-state index in [0.717, 1.165) is 10.6 Å². The largest absolute Gasteiger partial charge is 0.378 e. The Morgan fingerprint density at radius 1 is 1.19 bits per heavy atom. The van der Waals surface area contributed by atoms with Crippen LogP contribution in [0.2, 0.25) is 0 Å². The van der Waals surface area contributed by atoms with Crippen molar-refractivity contribution >= 4 is 23.3 Å². The number of benzene rings is 1. The zero-order chi connectivity index (χ0) is 11.7. The second-order valence-corrected chi connectivity index (χ2v) is 3.80. The summed E-state index contributed by atoms with van der Waals surface area (Å²) in [6.07, 6.45) is 0. The molecule has 0 spiro atoms.